The lowest BCUT2D eigenvalue weighted by molar-refractivity contribution is -0.0171. The Morgan fingerprint density at radius 2 is 0.885 bits per heavy atom. The van der Waals surface area contributed by atoms with Crippen LogP contribution in [0.4, 0.5) is 0 Å². The first kappa shape index (κ1) is 23.5. The van der Waals surface area contributed by atoms with Crippen molar-refractivity contribution in [2.45, 2.75) is 6.61 Å². The maximum Gasteiger partial charge on any atom is 0.0718 e. The van der Waals surface area contributed by atoms with Crippen molar-refractivity contribution < 1.29 is 28.4 Å². The standard InChI is InChI=1S/C19H31BrO6/c20-6-7-21-8-9-22-10-11-23-12-13-24-14-15-25-16-17-26-18-19-4-2-1-3-5-19/h1-5H,6-18H2. The summed E-state index contributed by atoms with van der Waals surface area (Å²) in [6.45, 7) is 7.07. The van der Waals surface area contributed by atoms with E-state index in [0.29, 0.717) is 79.3 Å². The summed E-state index contributed by atoms with van der Waals surface area (Å²) in [5, 5.41) is 0.850. The van der Waals surface area contributed by atoms with Crippen molar-refractivity contribution in [1.29, 1.82) is 0 Å². The molecule has 0 aliphatic rings. The molecule has 0 amide bonds. The minimum Gasteiger partial charge on any atom is -0.378 e. The Morgan fingerprint density at radius 3 is 1.31 bits per heavy atom. The van der Waals surface area contributed by atoms with Gasteiger partial charge in [-0.3, -0.25) is 0 Å². The van der Waals surface area contributed by atoms with Gasteiger partial charge in [0.1, 0.15) is 0 Å². The van der Waals surface area contributed by atoms with Crippen LogP contribution in [0, 0.1) is 0 Å². The molecule has 0 atom stereocenters. The fourth-order valence-corrected chi connectivity index (χ4v) is 2.15. The summed E-state index contributed by atoms with van der Waals surface area (Å²) >= 11 is 3.29. The van der Waals surface area contributed by atoms with Crippen molar-refractivity contribution >= 4 is 15.9 Å². The summed E-state index contributed by atoms with van der Waals surface area (Å²) in [4.78, 5) is 0. The second-order valence-electron chi connectivity index (χ2n) is 5.29. The molecule has 0 saturated heterocycles. The molecule has 0 N–H and O–H groups in total. The van der Waals surface area contributed by atoms with Crippen molar-refractivity contribution in [3.63, 3.8) is 0 Å². The molecular weight excluding hydrogens is 404 g/mol. The van der Waals surface area contributed by atoms with Crippen LogP contribution >= 0.6 is 15.9 Å². The maximum absolute atomic E-state index is 5.53. The molecule has 0 radical (unpaired) electrons. The first-order chi connectivity index (χ1) is 12.9. The van der Waals surface area contributed by atoms with Gasteiger partial charge >= 0.3 is 0 Å². The van der Waals surface area contributed by atoms with Crippen LogP contribution in [0.15, 0.2) is 30.3 Å². The number of alkyl halides is 1. The van der Waals surface area contributed by atoms with E-state index in [0.717, 1.165) is 5.33 Å². The average Bonchev–Trinajstić information content (AvgIpc) is 2.68. The van der Waals surface area contributed by atoms with E-state index in [4.69, 9.17) is 28.4 Å². The first-order valence-electron chi connectivity index (χ1n) is 9.00. The van der Waals surface area contributed by atoms with Crippen LogP contribution in [0.3, 0.4) is 0 Å². The van der Waals surface area contributed by atoms with Crippen molar-refractivity contribution in [3.8, 4) is 0 Å². The van der Waals surface area contributed by atoms with Gasteiger partial charge in [0, 0.05) is 5.33 Å². The van der Waals surface area contributed by atoms with E-state index in [-0.39, 0.29) is 0 Å². The number of rotatable bonds is 19. The summed E-state index contributed by atoms with van der Waals surface area (Å²) in [6, 6.07) is 10.1. The Hall–Kier alpha value is -0.540. The van der Waals surface area contributed by atoms with Gasteiger partial charge in [-0.05, 0) is 5.56 Å². The van der Waals surface area contributed by atoms with Gasteiger partial charge in [-0.25, -0.2) is 0 Å². The zero-order valence-electron chi connectivity index (χ0n) is 15.4. The molecule has 0 aromatic heterocycles. The van der Waals surface area contributed by atoms with E-state index in [1.54, 1.807) is 0 Å². The molecule has 0 fully saturated rings. The zero-order chi connectivity index (χ0) is 18.5. The Labute approximate surface area is 165 Å². The highest BCUT2D eigenvalue weighted by Crippen LogP contribution is 1.99. The molecule has 0 aliphatic heterocycles. The summed E-state index contributed by atoms with van der Waals surface area (Å²) in [7, 11) is 0. The largest absolute Gasteiger partial charge is 0.378 e. The Kier molecular flexibility index (Phi) is 17.4. The highest BCUT2D eigenvalue weighted by Gasteiger charge is 1.95. The lowest BCUT2D eigenvalue weighted by atomic mass is 10.2. The third-order valence-corrected chi connectivity index (χ3v) is 3.52. The van der Waals surface area contributed by atoms with Crippen LogP contribution in [-0.4, -0.2) is 78.0 Å². The van der Waals surface area contributed by atoms with Gasteiger partial charge in [0.2, 0.25) is 0 Å². The Morgan fingerprint density at radius 1 is 0.500 bits per heavy atom. The number of hydrogen-bond acceptors (Lipinski definition) is 6. The Balaban J connectivity index is 1.68. The van der Waals surface area contributed by atoms with Gasteiger partial charge in [-0.2, -0.15) is 0 Å². The van der Waals surface area contributed by atoms with Gasteiger partial charge in [-0.1, -0.05) is 46.3 Å². The van der Waals surface area contributed by atoms with Crippen LogP contribution in [0.5, 0.6) is 0 Å². The molecule has 0 spiro atoms. The molecule has 0 saturated carbocycles. The number of hydrogen-bond donors (Lipinski definition) is 0. The fraction of sp³-hybridized carbons (Fsp3) is 0.684. The van der Waals surface area contributed by atoms with E-state index in [2.05, 4.69) is 15.9 Å². The monoisotopic (exact) mass is 434 g/mol. The quantitative estimate of drug-likeness (QED) is 0.246. The smallest absolute Gasteiger partial charge is 0.0718 e. The molecule has 1 aromatic rings. The van der Waals surface area contributed by atoms with Crippen LogP contribution in [0.25, 0.3) is 0 Å². The molecule has 0 bridgehead atoms. The molecule has 0 unspecified atom stereocenters. The molecule has 0 heterocycles. The minimum atomic E-state index is 0.558. The van der Waals surface area contributed by atoms with Crippen LogP contribution in [-0.2, 0) is 35.0 Å². The molecule has 150 valence electrons. The van der Waals surface area contributed by atoms with E-state index in [9.17, 15) is 0 Å². The van der Waals surface area contributed by atoms with E-state index in [1.165, 1.54) is 5.56 Å². The SMILES string of the molecule is BrCCOCCOCCOCCOCCOCCOCc1ccccc1. The van der Waals surface area contributed by atoms with Gasteiger partial charge in [0.25, 0.3) is 0 Å². The van der Waals surface area contributed by atoms with Gasteiger partial charge in [0.15, 0.2) is 0 Å². The van der Waals surface area contributed by atoms with Crippen molar-refractivity contribution in [1.82, 2.24) is 0 Å². The lowest BCUT2D eigenvalue weighted by Crippen LogP contribution is -2.14. The topological polar surface area (TPSA) is 55.4 Å². The zero-order valence-corrected chi connectivity index (χ0v) is 17.0. The molecular formula is C19H31BrO6. The lowest BCUT2D eigenvalue weighted by Gasteiger charge is -2.08. The maximum atomic E-state index is 5.53. The molecule has 0 aliphatic carbocycles. The second-order valence-corrected chi connectivity index (χ2v) is 6.08. The minimum absolute atomic E-state index is 0.558. The van der Waals surface area contributed by atoms with E-state index < -0.39 is 0 Å². The van der Waals surface area contributed by atoms with Gasteiger partial charge < -0.3 is 28.4 Å². The van der Waals surface area contributed by atoms with Gasteiger partial charge in [0.05, 0.1) is 79.3 Å². The summed E-state index contributed by atoms with van der Waals surface area (Å²) in [6.07, 6.45) is 0. The molecule has 6 nitrogen and oxygen atoms in total. The predicted octanol–water partition coefficient (Wildman–Crippen LogP) is 2.68. The van der Waals surface area contributed by atoms with Crippen molar-refractivity contribution in [2.24, 2.45) is 0 Å². The van der Waals surface area contributed by atoms with E-state index >= 15 is 0 Å². The Bertz CT molecular complexity index is 393. The van der Waals surface area contributed by atoms with Crippen molar-refractivity contribution in [3.05, 3.63) is 35.9 Å². The van der Waals surface area contributed by atoms with Crippen molar-refractivity contribution in [2.75, 3.05) is 78.0 Å². The summed E-state index contributed by atoms with van der Waals surface area (Å²) in [5.41, 5.74) is 1.17. The molecule has 1 aromatic carbocycles. The third-order valence-electron chi connectivity index (χ3n) is 3.19. The predicted molar refractivity (Wildman–Crippen MR) is 104 cm³/mol. The number of benzene rings is 1. The van der Waals surface area contributed by atoms with Crippen LogP contribution < -0.4 is 0 Å². The third kappa shape index (κ3) is 15.7. The number of halogens is 1. The first-order valence-corrected chi connectivity index (χ1v) is 10.1. The fourth-order valence-electron chi connectivity index (χ4n) is 1.92. The van der Waals surface area contributed by atoms with Crippen LogP contribution in [0.1, 0.15) is 5.56 Å². The molecule has 7 heteroatoms. The highest BCUT2D eigenvalue weighted by molar-refractivity contribution is 9.09. The molecule has 1 rings (SSSR count). The van der Waals surface area contributed by atoms with Gasteiger partial charge in [-0.15, -0.1) is 0 Å². The normalized spacial score (nSPS) is 11.1. The second kappa shape index (κ2) is 19.2. The van der Waals surface area contributed by atoms with Crippen LogP contribution in [0.2, 0.25) is 0 Å². The highest BCUT2D eigenvalue weighted by atomic mass is 79.9. The molecule has 26 heavy (non-hydrogen) atoms. The summed E-state index contributed by atoms with van der Waals surface area (Å²) < 4.78 is 32.4. The average molecular weight is 435 g/mol. The summed E-state index contributed by atoms with van der Waals surface area (Å²) in [5.74, 6) is 0. The number of ether oxygens (including phenoxy) is 6. The van der Waals surface area contributed by atoms with E-state index in [1.807, 2.05) is 30.3 Å².